The Labute approximate surface area is 133 Å². The van der Waals surface area contributed by atoms with Crippen molar-refractivity contribution in [3.05, 3.63) is 17.8 Å². The summed E-state index contributed by atoms with van der Waals surface area (Å²) in [5.74, 6) is 0.971. The molecular weight excluding hydrogens is 278 g/mol. The van der Waals surface area contributed by atoms with E-state index in [-0.39, 0.29) is 11.5 Å². The molecule has 122 valence electrons. The number of aryl methyl sites for hydroxylation is 1. The summed E-state index contributed by atoms with van der Waals surface area (Å²) in [5, 5.41) is 8.56. The Kier molecular flexibility index (Phi) is 4.64. The summed E-state index contributed by atoms with van der Waals surface area (Å²) in [6.07, 6.45) is 3.89. The van der Waals surface area contributed by atoms with E-state index in [1.54, 1.807) is 0 Å². The number of piperidine rings is 1. The third-order valence-corrected chi connectivity index (χ3v) is 4.80. The summed E-state index contributed by atoms with van der Waals surface area (Å²) in [5.41, 5.74) is 1.05. The zero-order valence-electron chi connectivity index (χ0n) is 13.9. The van der Waals surface area contributed by atoms with Gasteiger partial charge < -0.3 is 14.4 Å². The van der Waals surface area contributed by atoms with Crippen molar-refractivity contribution in [2.75, 3.05) is 31.2 Å². The molecule has 2 fully saturated rings. The molecule has 1 aromatic heterocycles. The van der Waals surface area contributed by atoms with Crippen LogP contribution in [-0.2, 0) is 9.47 Å². The first-order valence-electron chi connectivity index (χ1n) is 8.37. The monoisotopic (exact) mass is 305 g/mol. The standard InChI is InChI=1S/C17H27N3O2/c1-13(2)22-12-17-8-4-10-21-15(17)7-9-20(11-17)16-6-5-14(3)18-19-16/h5-6,13,15H,4,7-12H2,1-3H3/t15-,17+/m0/s1. The van der Waals surface area contributed by atoms with Gasteiger partial charge in [0.25, 0.3) is 0 Å². The number of hydrogen-bond acceptors (Lipinski definition) is 5. The predicted molar refractivity (Wildman–Crippen MR) is 86.1 cm³/mol. The summed E-state index contributed by atoms with van der Waals surface area (Å²) in [6.45, 7) is 9.75. The predicted octanol–water partition coefficient (Wildman–Crippen LogP) is 2.59. The first-order valence-corrected chi connectivity index (χ1v) is 8.37. The van der Waals surface area contributed by atoms with Crippen molar-refractivity contribution in [1.82, 2.24) is 10.2 Å². The Morgan fingerprint density at radius 3 is 3.00 bits per heavy atom. The van der Waals surface area contributed by atoms with Crippen LogP contribution in [0, 0.1) is 12.3 Å². The third kappa shape index (κ3) is 3.25. The molecule has 1 aromatic rings. The van der Waals surface area contributed by atoms with Gasteiger partial charge >= 0.3 is 0 Å². The van der Waals surface area contributed by atoms with Crippen molar-refractivity contribution in [1.29, 1.82) is 0 Å². The molecule has 2 atom stereocenters. The van der Waals surface area contributed by atoms with Gasteiger partial charge in [0.15, 0.2) is 5.82 Å². The normalized spacial score (nSPS) is 28.7. The lowest BCUT2D eigenvalue weighted by Crippen LogP contribution is -2.57. The minimum Gasteiger partial charge on any atom is -0.378 e. The first-order chi connectivity index (χ1) is 10.6. The van der Waals surface area contributed by atoms with E-state index in [1.165, 1.54) is 6.42 Å². The van der Waals surface area contributed by atoms with Crippen molar-refractivity contribution in [3.63, 3.8) is 0 Å². The number of ether oxygens (including phenoxy) is 2. The van der Waals surface area contributed by atoms with Crippen LogP contribution in [0.25, 0.3) is 0 Å². The van der Waals surface area contributed by atoms with Crippen molar-refractivity contribution < 1.29 is 9.47 Å². The van der Waals surface area contributed by atoms with E-state index in [4.69, 9.17) is 9.47 Å². The van der Waals surface area contributed by atoms with Gasteiger partial charge in [0.1, 0.15) is 0 Å². The zero-order valence-corrected chi connectivity index (χ0v) is 13.9. The molecule has 5 heteroatoms. The molecule has 0 amide bonds. The number of fused-ring (bicyclic) bond motifs is 1. The van der Waals surface area contributed by atoms with Crippen LogP contribution in [0.15, 0.2) is 12.1 Å². The number of hydrogen-bond donors (Lipinski definition) is 0. The van der Waals surface area contributed by atoms with Gasteiger partial charge in [-0.3, -0.25) is 0 Å². The molecule has 0 radical (unpaired) electrons. The van der Waals surface area contributed by atoms with Crippen LogP contribution in [-0.4, -0.2) is 48.7 Å². The number of nitrogens with zero attached hydrogens (tertiary/aromatic N) is 3. The summed E-state index contributed by atoms with van der Waals surface area (Å²) in [4.78, 5) is 2.35. The molecule has 22 heavy (non-hydrogen) atoms. The van der Waals surface area contributed by atoms with E-state index in [0.717, 1.165) is 50.7 Å². The number of rotatable bonds is 4. The maximum Gasteiger partial charge on any atom is 0.151 e. The van der Waals surface area contributed by atoms with Crippen LogP contribution < -0.4 is 4.90 Å². The largest absolute Gasteiger partial charge is 0.378 e. The molecule has 3 rings (SSSR count). The average Bonchev–Trinajstić information content (AvgIpc) is 2.53. The highest BCUT2D eigenvalue weighted by Crippen LogP contribution is 2.41. The average molecular weight is 305 g/mol. The lowest BCUT2D eigenvalue weighted by molar-refractivity contribution is -0.132. The third-order valence-electron chi connectivity index (χ3n) is 4.80. The maximum absolute atomic E-state index is 6.08. The fourth-order valence-corrected chi connectivity index (χ4v) is 3.59. The molecule has 0 N–H and O–H groups in total. The van der Waals surface area contributed by atoms with Crippen LogP contribution in [0.5, 0.6) is 0 Å². The van der Waals surface area contributed by atoms with E-state index >= 15 is 0 Å². The van der Waals surface area contributed by atoms with Gasteiger partial charge in [-0.2, -0.15) is 5.10 Å². The highest BCUT2D eigenvalue weighted by Gasteiger charge is 2.46. The van der Waals surface area contributed by atoms with Crippen LogP contribution in [0.3, 0.4) is 0 Å². The van der Waals surface area contributed by atoms with Crippen LogP contribution in [0.1, 0.15) is 38.8 Å². The Balaban J connectivity index is 1.78. The van der Waals surface area contributed by atoms with E-state index in [9.17, 15) is 0 Å². The number of aromatic nitrogens is 2. The molecule has 2 aliphatic heterocycles. The quantitative estimate of drug-likeness (QED) is 0.855. The van der Waals surface area contributed by atoms with Gasteiger partial charge in [0.05, 0.1) is 24.5 Å². The highest BCUT2D eigenvalue weighted by molar-refractivity contribution is 5.39. The topological polar surface area (TPSA) is 47.5 Å². The Morgan fingerprint density at radius 1 is 1.41 bits per heavy atom. The Hall–Kier alpha value is -1.20. The summed E-state index contributed by atoms with van der Waals surface area (Å²) in [6, 6.07) is 4.10. The van der Waals surface area contributed by atoms with Gasteiger partial charge in [0, 0.05) is 25.1 Å². The molecule has 0 aliphatic carbocycles. The SMILES string of the molecule is Cc1ccc(N2CC[C@@H]3OCCC[C@]3(COC(C)C)C2)nn1. The first kappa shape index (κ1) is 15.7. The van der Waals surface area contributed by atoms with Gasteiger partial charge in [-0.1, -0.05) is 0 Å². The summed E-state index contributed by atoms with van der Waals surface area (Å²) in [7, 11) is 0. The molecule has 0 aromatic carbocycles. The Bertz CT molecular complexity index is 491. The molecule has 0 spiro atoms. The zero-order chi connectivity index (χ0) is 15.6. The van der Waals surface area contributed by atoms with E-state index in [0.29, 0.717) is 6.10 Å². The van der Waals surface area contributed by atoms with Gasteiger partial charge in [0.2, 0.25) is 0 Å². The lowest BCUT2D eigenvalue weighted by Gasteiger charge is -2.50. The summed E-state index contributed by atoms with van der Waals surface area (Å²) < 4.78 is 12.1. The van der Waals surface area contributed by atoms with Crippen LogP contribution in [0.2, 0.25) is 0 Å². The second kappa shape index (κ2) is 6.50. The molecule has 0 saturated carbocycles. The van der Waals surface area contributed by atoms with E-state index < -0.39 is 0 Å². The van der Waals surface area contributed by atoms with Crippen LogP contribution >= 0.6 is 0 Å². The Morgan fingerprint density at radius 2 is 2.27 bits per heavy atom. The van der Waals surface area contributed by atoms with Crippen molar-refractivity contribution in [2.45, 2.75) is 52.2 Å². The van der Waals surface area contributed by atoms with Crippen molar-refractivity contribution in [3.8, 4) is 0 Å². The van der Waals surface area contributed by atoms with Crippen molar-refractivity contribution >= 4 is 5.82 Å². The van der Waals surface area contributed by atoms with E-state index in [1.807, 2.05) is 13.0 Å². The second-order valence-corrected chi connectivity index (χ2v) is 6.93. The minimum absolute atomic E-state index is 0.0906. The number of anilines is 1. The van der Waals surface area contributed by atoms with Crippen molar-refractivity contribution in [2.24, 2.45) is 5.41 Å². The molecular formula is C17H27N3O2. The molecule has 0 bridgehead atoms. The second-order valence-electron chi connectivity index (χ2n) is 6.93. The van der Waals surface area contributed by atoms with Crippen LogP contribution in [0.4, 0.5) is 5.82 Å². The van der Waals surface area contributed by atoms with E-state index in [2.05, 4.69) is 35.0 Å². The molecule has 5 nitrogen and oxygen atoms in total. The van der Waals surface area contributed by atoms with Gasteiger partial charge in [-0.15, -0.1) is 5.10 Å². The molecule has 3 heterocycles. The van der Waals surface area contributed by atoms with Gasteiger partial charge in [-0.05, 0) is 52.2 Å². The smallest absolute Gasteiger partial charge is 0.151 e. The molecule has 2 aliphatic rings. The molecule has 2 saturated heterocycles. The maximum atomic E-state index is 6.08. The van der Waals surface area contributed by atoms with Gasteiger partial charge in [-0.25, -0.2) is 0 Å². The fourth-order valence-electron chi connectivity index (χ4n) is 3.59. The highest BCUT2D eigenvalue weighted by atomic mass is 16.5. The fraction of sp³-hybridized carbons (Fsp3) is 0.765. The minimum atomic E-state index is 0.0906. The molecule has 0 unspecified atom stereocenters. The summed E-state index contributed by atoms with van der Waals surface area (Å²) >= 11 is 0. The lowest BCUT2D eigenvalue weighted by atomic mass is 9.73.